The number of hydrogen-bond donors (Lipinski definition) is 1. The Hall–Kier alpha value is -2.56. The number of nitrogens with zero attached hydrogens (tertiary/aromatic N) is 1. The van der Waals surface area contributed by atoms with Gasteiger partial charge in [-0.15, -0.1) is 0 Å². The van der Waals surface area contributed by atoms with Gasteiger partial charge in [-0.2, -0.15) is 0 Å². The van der Waals surface area contributed by atoms with Crippen LogP contribution in [0.15, 0.2) is 41.2 Å². The van der Waals surface area contributed by atoms with Crippen molar-refractivity contribution < 1.29 is 14.6 Å². The average Bonchev–Trinajstić information content (AvgIpc) is 2.44. The van der Waals surface area contributed by atoms with Gasteiger partial charge in [0.15, 0.2) is 0 Å². The molecule has 2 rings (SSSR count). The van der Waals surface area contributed by atoms with Crippen molar-refractivity contribution in [2.75, 3.05) is 7.11 Å². The summed E-state index contributed by atoms with van der Waals surface area (Å²) in [6.45, 7) is 0. The van der Waals surface area contributed by atoms with Crippen LogP contribution in [-0.4, -0.2) is 22.8 Å². The predicted molar refractivity (Wildman–Crippen MR) is 75.0 cm³/mol. The van der Waals surface area contributed by atoms with Crippen LogP contribution in [0, 0.1) is 0 Å². The molecule has 2 aromatic rings. The number of rotatable bonds is 4. The minimum atomic E-state index is -1.02. The summed E-state index contributed by atoms with van der Waals surface area (Å²) >= 11 is 0. The number of ether oxygens (including phenoxy) is 1. The third-order valence-electron chi connectivity index (χ3n) is 3.09. The summed E-state index contributed by atoms with van der Waals surface area (Å²) in [6, 6.07) is 10.7. The van der Waals surface area contributed by atoms with E-state index in [4.69, 9.17) is 9.84 Å². The van der Waals surface area contributed by atoms with Gasteiger partial charge in [0, 0.05) is 18.2 Å². The molecule has 20 heavy (non-hydrogen) atoms. The van der Waals surface area contributed by atoms with Crippen molar-refractivity contribution in [1.29, 1.82) is 0 Å². The molecule has 0 atom stereocenters. The maximum Gasteiger partial charge on any atom is 0.308 e. The molecule has 1 N–H and O–H groups in total. The molecule has 0 aliphatic heterocycles. The van der Waals surface area contributed by atoms with E-state index >= 15 is 0 Å². The number of carboxylic acid groups (broad SMARTS) is 1. The van der Waals surface area contributed by atoms with Crippen LogP contribution in [0.1, 0.15) is 5.56 Å². The molecule has 0 fully saturated rings. The normalized spacial score (nSPS) is 10.3. The Morgan fingerprint density at radius 1 is 1.30 bits per heavy atom. The second kappa shape index (κ2) is 5.61. The highest BCUT2D eigenvalue weighted by Crippen LogP contribution is 2.22. The van der Waals surface area contributed by atoms with Gasteiger partial charge in [0.1, 0.15) is 5.75 Å². The quantitative estimate of drug-likeness (QED) is 0.920. The van der Waals surface area contributed by atoms with E-state index < -0.39 is 5.97 Å². The summed E-state index contributed by atoms with van der Waals surface area (Å²) in [7, 11) is 3.20. The summed E-state index contributed by atoms with van der Waals surface area (Å²) in [4.78, 5) is 22.8. The first-order valence-electron chi connectivity index (χ1n) is 6.08. The highest BCUT2D eigenvalue weighted by atomic mass is 16.5. The standard InChI is InChI=1S/C15H15NO4/c1-16-13(10-4-3-5-12(8-10)20-2)7-6-11(15(16)19)9-14(17)18/h3-8H,9H2,1-2H3,(H,17,18). The van der Waals surface area contributed by atoms with E-state index in [9.17, 15) is 9.59 Å². The fraction of sp³-hybridized carbons (Fsp3) is 0.200. The Labute approximate surface area is 116 Å². The van der Waals surface area contributed by atoms with Gasteiger partial charge in [0.25, 0.3) is 5.56 Å². The van der Waals surface area contributed by atoms with E-state index in [2.05, 4.69) is 0 Å². The van der Waals surface area contributed by atoms with E-state index in [0.717, 1.165) is 5.56 Å². The maximum absolute atomic E-state index is 12.1. The molecule has 1 aromatic carbocycles. The number of pyridine rings is 1. The minimum absolute atomic E-state index is 0.270. The van der Waals surface area contributed by atoms with Gasteiger partial charge < -0.3 is 14.4 Å². The molecule has 0 unspecified atom stereocenters. The van der Waals surface area contributed by atoms with Gasteiger partial charge in [-0.05, 0) is 18.2 Å². The van der Waals surface area contributed by atoms with E-state index in [-0.39, 0.29) is 17.5 Å². The third kappa shape index (κ3) is 2.71. The van der Waals surface area contributed by atoms with Crippen LogP contribution in [0.3, 0.4) is 0 Å². The van der Waals surface area contributed by atoms with Crippen LogP contribution in [0.4, 0.5) is 0 Å². The lowest BCUT2D eigenvalue weighted by Gasteiger charge is -2.11. The summed E-state index contributed by atoms with van der Waals surface area (Å²) < 4.78 is 6.61. The fourth-order valence-electron chi connectivity index (χ4n) is 2.06. The fourth-order valence-corrected chi connectivity index (χ4v) is 2.06. The molecule has 0 saturated heterocycles. The summed E-state index contributed by atoms with van der Waals surface area (Å²) in [5, 5.41) is 8.77. The minimum Gasteiger partial charge on any atom is -0.497 e. The Balaban J connectivity index is 2.50. The van der Waals surface area contributed by atoms with Crippen LogP contribution in [0.5, 0.6) is 5.75 Å². The van der Waals surface area contributed by atoms with Crippen molar-refractivity contribution in [3.8, 4) is 17.0 Å². The van der Waals surface area contributed by atoms with Gasteiger partial charge >= 0.3 is 5.97 Å². The molecule has 0 bridgehead atoms. The maximum atomic E-state index is 12.1. The van der Waals surface area contributed by atoms with Crippen LogP contribution >= 0.6 is 0 Å². The zero-order chi connectivity index (χ0) is 14.7. The first kappa shape index (κ1) is 13.9. The van der Waals surface area contributed by atoms with E-state index in [1.165, 1.54) is 4.57 Å². The number of aromatic nitrogens is 1. The topological polar surface area (TPSA) is 68.5 Å². The van der Waals surface area contributed by atoms with Crippen LogP contribution in [0.2, 0.25) is 0 Å². The largest absolute Gasteiger partial charge is 0.497 e. The van der Waals surface area contributed by atoms with Crippen molar-refractivity contribution in [2.45, 2.75) is 6.42 Å². The molecule has 5 heteroatoms. The molecule has 0 amide bonds. The van der Waals surface area contributed by atoms with Gasteiger partial charge in [-0.1, -0.05) is 18.2 Å². The smallest absolute Gasteiger partial charge is 0.308 e. The number of aliphatic carboxylic acids is 1. The summed E-state index contributed by atoms with van der Waals surface area (Å²) in [5.41, 5.74) is 1.52. The molecule has 0 aliphatic carbocycles. The van der Waals surface area contributed by atoms with E-state index in [0.29, 0.717) is 11.4 Å². The zero-order valence-electron chi connectivity index (χ0n) is 11.3. The highest BCUT2D eigenvalue weighted by Gasteiger charge is 2.10. The van der Waals surface area contributed by atoms with Crippen molar-refractivity contribution >= 4 is 5.97 Å². The molecular formula is C15H15NO4. The van der Waals surface area contributed by atoms with E-state index in [1.807, 2.05) is 24.3 Å². The number of hydrogen-bond acceptors (Lipinski definition) is 3. The molecule has 0 spiro atoms. The van der Waals surface area contributed by atoms with Crippen molar-refractivity contribution in [3.63, 3.8) is 0 Å². The third-order valence-corrected chi connectivity index (χ3v) is 3.09. The lowest BCUT2D eigenvalue weighted by Crippen LogP contribution is -2.23. The van der Waals surface area contributed by atoms with Crippen molar-refractivity contribution in [3.05, 3.63) is 52.3 Å². The first-order chi connectivity index (χ1) is 9.52. The molecule has 0 radical (unpaired) electrons. The average molecular weight is 273 g/mol. The number of carboxylic acids is 1. The lowest BCUT2D eigenvalue weighted by molar-refractivity contribution is -0.136. The predicted octanol–water partition coefficient (Wildman–Crippen LogP) is 1.69. The SMILES string of the molecule is COc1cccc(-c2ccc(CC(=O)O)c(=O)n2C)c1. The number of methoxy groups -OCH3 is 1. The zero-order valence-corrected chi connectivity index (χ0v) is 11.3. The van der Waals surface area contributed by atoms with Crippen molar-refractivity contribution in [1.82, 2.24) is 4.57 Å². The Kier molecular flexibility index (Phi) is 3.89. The monoisotopic (exact) mass is 273 g/mol. The van der Waals surface area contributed by atoms with Gasteiger partial charge in [0.05, 0.1) is 19.2 Å². The molecule has 5 nitrogen and oxygen atoms in total. The van der Waals surface area contributed by atoms with Crippen LogP contribution in [0.25, 0.3) is 11.3 Å². The lowest BCUT2D eigenvalue weighted by atomic mass is 10.1. The van der Waals surface area contributed by atoms with Crippen molar-refractivity contribution in [2.24, 2.45) is 7.05 Å². The summed E-state index contributed by atoms with van der Waals surface area (Å²) in [6.07, 6.45) is -0.273. The Morgan fingerprint density at radius 2 is 2.05 bits per heavy atom. The number of carbonyl (C=O) groups is 1. The molecule has 1 aromatic heterocycles. The van der Waals surface area contributed by atoms with Gasteiger partial charge in [-0.3, -0.25) is 9.59 Å². The Morgan fingerprint density at radius 3 is 2.70 bits per heavy atom. The van der Waals surface area contributed by atoms with E-state index in [1.54, 1.807) is 26.3 Å². The van der Waals surface area contributed by atoms with Gasteiger partial charge in [0.2, 0.25) is 0 Å². The van der Waals surface area contributed by atoms with Crippen LogP contribution < -0.4 is 10.3 Å². The molecule has 0 saturated carbocycles. The molecule has 104 valence electrons. The second-order valence-corrected chi connectivity index (χ2v) is 4.41. The molecule has 1 heterocycles. The molecular weight excluding hydrogens is 258 g/mol. The first-order valence-corrected chi connectivity index (χ1v) is 6.08. The molecule has 0 aliphatic rings. The Bertz CT molecular complexity index is 703. The van der Waals surface area contributed by atoms with Crippen LogP contribution in [-0.2, 0) is 18.3 Å². The number of benzene rings is 1. The summed E-state index contributed by atoms with van der Waals surface area (Å²) in [5.74, 6) is -0.319. The second-order valence-electron chi connectivity index (χ2n) is 4.41. The van der Waals surface area contributed by atoms with Gasteiger partial charge in [-0.25, -0.2) is 0 Å². The highest BCUT2D eigenvalue weighted by molar-refractivity contribution is 5.70.